The number of nitriles is 1. The third-order valence-electron chi connectivity index (χ3n) is 2.36. The van der Waals surface area contributed by atoms with Gasteiger partial charge >= 0.3 is 0 Å². The van der Waals surface area contributed by atoms with Gasteiger partial charge in [0.05, 0.1) is 18.2 Å². The van der Waals surface area contributed by atoms with Gasteiger partial charge in [-0.3, -0.25) is 4.79 Å². The van der Waals surface area contributed by atoms with E-state index in [9.17, 15) is 4.79 Å². The molecule has 5 heteroatoms. The third kappa shape index (κ3) is 3.28. The highest BCUT2D eigenvalue weighted by Gasteiger charge is 2.19. The van der Waals surface area contributed by atoms with Crippen LogP contribution in [-0.4, -0.2) is 32.7 Å². The van der Waals surface area contributed by atoms with Crippen LogP contribution in [0.1, 0.15) is 5.56 Å². The first-order valence-electron chi connectivity index (χ1n) is 5.12. The van der Waals surface area contributed by atoms with Gasteiger partial charge in [-0.2, -0.15) is 5.26 Å². The minimum atomic E-state index is -0.698. The van der Waals surface area contributed by atoms with Crippen molar-refractivity contribution in [2.24, 2.45) is 5.73 Å². The molecule has 1 aromatic rings. The Labute approximate surface area is 100 Å². The largest absolute Gasteiger partial charge is 0.383 e. The zero-order valence-electron chi connectivity index (χ0n) is 9.88. The van der Waals surface area contributed by atoms with Crippen LogP contribution in [0.2, 0.25) is 0 Å². The molecule has 90 valence electrons. The van der Waals surface area contributed by atoms with Gasteiger partial charge in [0.25, 0.3) is 0 Å². The molecule has 5 nitrogen and oxygen atoms in total. The highest BCUT2D eigenvalue weighted by molar-refractivity contribution is 5.96. The molecule has 0 fully saturated rings. The van der Waals surface area contributed by atoms with Crippen molar-refractivity contribution in [3.63, 3.8) is 0 Å². The first kappa shape index (κ1) is 13.2. The van der Waals surface area contributed by atoms with Crippen molar-refractivity contribution in [2.45, 2.75) is 6.04 Å². The molecule has 1 unspecified atom stereocenters. The van der Waals surface area contributed by atoms with E-state index < -0.39 is 6.04 Å². The molecule has 0 aromatic heterocycles. The van der Waals surface area contributed by atoms with Gasteiger partial charge in [-0.25, -0.2) is 0 Å². The summed E-state index contributed by atoms with van der Waals surface area (Å²) in [5.41, 5.74) is 6.80. The number of hydrogen-bond acceptors (Lipinski definition) is 4. The summed E-state index contributed by atoms with van der Waals surface area (Å²) < 4.78 is 4.83. The molecule has 0 aliphatic heterocycles. The number of benzene rings is 1. The number of carbonyl (C=O) groups excluding carboxylic acids is 1. The molecule has 0 aliphatic carbocycles. The van der Waals surface area contributed by atoms with Crippen LogP contribution < -0.4 is 10.6 Å². The lowest BCUT2D eigenvalue weighted by atomic mass is 10.2. The van der Waals surface area contributed by atoms with E-state index in [1.807, 2.05) is 6.07 Å². The average Bonchev–Trinajstić information content (AvgIpc) is 2.37. The third-order valence-corrected chi connectivity index (χ3v) is 2.36. The van der Waals surface area contributed by atoms with Crippen molar-refractivity contribution in [3.8, 4) is 6.07 Å². The summed E-state index contributed by atoms with van der Waals surface area (Å²) in [5.74, 6) is -0.248. The van der Waals surface area contributed by atoms with E-state index in [1.165, 1.54) is 12.0 Å². The Kier molecular flexibility index (Phi) is 4.64. The summed E-state index contributed by atoms with van der Waals surface area (Å²) in [6.45, 7) is 0.168. The molecule has 0 bridgehead atoms. The van der Waals surface area contributed by atoms with Gasteiger partial charge in [0.2, 0.25) is 5.91 Å². The lowest BCUT2D eigenvalue weighted by Gasteiger charge is -2.21. The first-order chi connectivity index (χ1) is 8.10. The Morgan fingerprint density at radius 2 is 2.35 bits per heavy atom. The van der Waals surface area contributed by atoms with Gasteiger partial charge in [-0.05, 0) is 18.2 Å². The number of nitrogens with zero attached hydrogens (tertiary/aromatic N) is 2. The second kappa shape index (κ2) is 5.99. The Morgan fingerprint density at radius 1 is 1.65 bits per heavy atom. The number of ether oxygens (including phenoxy) is 1. The number of anilines is 1. The monoisotopic (exact) mass is 233 g/mol. The van der Waals surface area contributed by atoms with Gasteiger partial charge in [0.15, 0.2) is 0 Å². The average molecular weight is 233 g/mol. The van der Waals surface area contributed by atoms with Crippen LogP contribution in [0.4, 0.5) is 5.69 Å². The SMILES string of the molecule is COCC(N)C(=O)N(C)c1cccc(C#N)c1. The molecular weight excluding hydrogens is 218 g/mol. The summed E-state index contributed by atoms with van der Waals surface area (Å²) in [7, 11) is 3.11. The van der Waals surface area contributed by atoms with Crippen LogP contribution in [0.25, 0.3) is 0 Å². The first-order valence-corrected chi connectivity index (χ1v) is 5.12. The Morgan fingerprint density at radius 3 is 2.94 bits per heavy atom. The van der Waals surface area contributed by atoms with E-state index in [0.717, 1.165) is 0 Å². The topological polar surface area (TPSA) is 79.3 Å². The fraction of sp³-hybridized carbons (Fsp3) is 0.333. The van der Waals surface area contributed by atoms with E-state index >= 15 is 0 Å². The van der Waals surface area contributed by atoms with Crippen molar-refractivity contribution < 1.29 is 9.53 Å². The molecule has 1 atom stereocenters. The van der Waals surface area contributed by atoms with Crippen LogP contribution in [0.15, 0.2) is 24.3 Å². The fourth-order valence-electron chi connectivity index (χ4n) is 1.41. The van der Waals surface area contributed by atoms with E-state index in [-0.39, 0.29) is 12.5 Å². The quantitative estimate of drug-likeness (QED) is 0.821. The van der Waals surface area contributed by atoms with E-state index in [0.29, 0.717) is 11.3 Å². The lowest BCUT2D eigenvalue weighted by Crippen LogP contribution is -2.44. The van der Waals surface area contributed by atoms with Gasteiger partial charge in [0.1, 0.15) is 6.04 Å². The molecule has 0 saturated carbocycles. The number of amides is 1. The van der Waals surface area contributed by atoms with Gasteiger partial charge < -0.3 is 15.4 Å². The van der Waals surface area contributed by atoms with Crippen LogP contribution in [0.5, 0.6) is 0 Å². The lowest BCUT2D eigenvalue weighted by molar-refractivity contribution is -0.120. The number of hydrogen-bond donors (Lipinski definition) is 1. The molecule has 1 aromatic carbocycles. The molecule has 0 saturated heterocycles. The maximum Gasteiger partial charge on any atom is 0.246 e. The van der Waals surface area contributed by atoms with Crippen molar-refractivity contribution >= 4 is 11.6 Å². The molecule has 2 N–H and O–H groups in total. The molecule has 0 spiro atoms. The van der Waals surface area contributed by atoms with Crippen molar-refractivity contribution in [1.82, 2.24) is 0 Å². The minimum Gasteiger partial charge on any atom is -0.383 e. The number of nitrogens with two attached hydrogens (primary N) is 1. The smallest absolute Gasteiger partial charge is 0.246 e. The number of likely N-dealkylation sites (N-methyl/N-ethyl adjacent to an activating group) is 1. The molecule has 1 amide bonds. The predicted octanol–water partition coefficient (Wildman–Crippen LogP) is 0.495. The standard InChI is InChI=1S/C12H15N3O2/c1-15(12(16)11(14)8-17-2)10-5-3-4-9(6-10)7-13/h3-6,11H,8,14H2,1-2H3. The summed E-state index contributed by atoms with van der Waals surface area (Å²) in [6, 6.07) is 8.11. The number of methoxy groups -OCH3 is 1. The summed E-state index contributed by atoms with van der Waals surface area (Å²) in [5, 5.41) is 8.78. The molecule has 1 rings (SSSR count). The zero-order valence-corrected chi connectivity index (χ0v) is 9.88. The van der Waals surface area contributed by atoms with Crippen LogP contribution >= 0.6 is 0 Å². The van der Waals surface area contributed by atoms with Crippen LogP contribution in [0, 0.1) is 11.3 Å². The molecule has 0 aliphatic rings. The summed E-state index contributed by atoms with van der Waals surface area (Å²) in [4.78, 5) is 13.3. The number of rotatable bonds is 4. The van der Waals surface area contributed by atoms with Gasteiger partial charge in [-0.1, -0.05) is 6.07 Å². The number of carbonyl (C=O) groups is 1. The molecular formula is C12H15N3O2. The van der Waals surface area contributed by atoms with Crippen LogP contribution in [-0.2, 0) is 9.53 Å². The molecule has 0 heterocycles. The van der Waals surface area contributed by atoms with Crippen molar-refractivity contribution in [3.05, 3.63) is 29.8 Å². The van der Waals surface area contributed by atoms with Crippen LogP contribution in [0.3, 0.4) is 0 Å². The minimum absolute atomic E-state index is 0.168. The highest BCUT2D eigenvalue weighted by Crippen LogP contribution is 2.14. The zero-order chi connectivity index (χ0) is 12.8. The highest BCUT2D eigenvalue weighted by atomic mass is 16.5. The second-order valence-corrected chi connectivity index (χ2v) is 3.62. The molecule has 17 heavy (non-hydrogen) atoms. The Balaban J connectivity index is 2.85. The fourth-order valence-corrected chi connectivity index (χ4v) is 1.41. The van der Waals surface area contributed by atoms with E-state index in [4.69, 9.17) is 15.7 Å². The van der Waals surface area contributed by atoms with Crippen molar-refractivity contribution in [2.75, 3.05) is 25.7 Å². The van der Waals surface area contributed by atoms with Gasteiger partial charge in [-0.15, -0.1) is 0 Å². The second-order valence-electron chi connectivity index (χ2n) is 3.62. The maximum atomic E-state index is 11.9. The Bertz CT molecular complexity index is 440. The summed E-state index contributed by atoms with van der Waals surface area (Å²) in [6.07, 6.45) is 0. The Hall–Kier alpha value is -1.90. The van der Waals surface area contributed by atoms with Crippen molar-refractivity contribution in [1.29, 1.82) is 5.26 Å². The van der Waals surface area contributed by atoms with E-state index in [1.54, 1.807) is 31.3 Å². The maximum absolute atomic E-state index is 11.9. The van der Waals surface area contributed by atoms with Gasteiger partial charge in [0, 0.05) is 19.8 Å². The normalized spacial score (nSPS) is 11.6. The molecule has 0 radical (unpaired) electrons. The predicted molar refractivity (Wildman–Crippen MR) is 64.4 cm³/mol. The van der Waals surface area contributed by atoms with E-state index in [2.05, 4.69) is 0 Å². The summed E-state index contributed by atoms with van der Waals surface area (Å²) >= 11 is 0.